The van der Waals surface area contributed by atoms with Gasteiger partial charge in [-0.25, -0.2) is 9.97 Å². The number of hydrogen-bond donors (Lipinski definition) is 0. The summed E-state index contributed by atoms with van der Waals surface area (Å²) in [5.74, 6) is 0.674. The lowest BCUT2D eigenvalue weighted by molar-refractivity contribution is 0.666. The van der Waals surface area contributed by atoms with Gasteiger partial charge in [-0.2, -0.15) is 0 Å². The molecule has 0 radical (unpaired) electrons. The molecule has 0 N–H and O–H groups in total. The number of furan rings is 1. The van der Waals surface area contributed by atoms with Crippen molar-refractivity contribution in [1.82, 2.24) is 9.97 Å². The van der Waals surface area contributed by atoms with Gasteiger partial charge in [0.2, 0.25) is 0 Å². The zero-order chi connectivity index (χ0) is 35.4. The average molecular weight is 687 g/mol. The molecule has 0 unspecified atom stereocenters. The highest BCUT2D eigenvalue weighted by Gasteiger charge is 2.51. The molecule has 54 heavy (non-hydrogen) atoms. The van der Waals surface area contributed by atoms with E-state index in [0.29, 0.717) is 5.82 Å². The first-order valence-electron chi connectivity index (χ1n) is 18.5. The maximum Gasteiger partial charge on any atom is 0.160 e. The number of fused-ring (bicyclic) bond motifs is 14. The number of para-hydroxylation sites is 1. The maximum absolute atomic E-state index is 6.82. The Kier molecular flexibility index (Phi) is 5.98. The Morgan fingerprint density at radius 3 is 1.63 bits per heavy atom. The molecular weight excluding hydrogens is 657 g/mol. The van der Waals surface area contributed by atoms with Gasteiger partial charge in [0.1, 0.15) is 11.2 Å². The van der Waals surface area contributed by atoms with Crippen molar-refractivity contribution in [2.45, 2.75) is 5.41 Å². The minimum atomic E-state index is -0.411. The summed E-state index contributed by atoms with van der Waals surface area (Å²) in [6.45, 7) is 0. The minimum absolute atomic E-state index is 0.411. The van der Waals surface area contributed by atoms with Crippen LogP contribution in [0.3, 0.4) is 0 Å². The van der Waals surface area contributed by atoms with Crippen molar-refractivity contribution in [1.29, 1.82) is 0 Å². The number of hydrogen-bond acceptors (Lipinski definition) is 3. The molecule has 0 amide bonds. The molecule has 250 valence electrons. The van der Waals surface area contributed by atoms with Crippen LogP contribution in [0.15, 0.2) is 186 Å². The molecule has 3 nitrogen and oxygen atoms in total. The summed E-state index contributed by atoms with van der Waals surface area (Å²) >= 11 is 0. The van der Waals surface area contributed by atoms with Crippen LogP contribution in [0.4, 0.5) is 0 Å². The van der Waals surface area contributed by atoms with Crippen molar-refractivity contribution in [3.05, 3.63) is 204 Å². The summed E-state index contributed by atoms with van der Waals surface area (Å²) in [6.07, 6.45) is 0. The van der Waals surface area contributed by atoms with Gasteiger partial charge < -0.3 is 4.42 Å². The summed E-state index contributed by atoms with van der Waals surface area (Å²) in [7, 11) is 0. The normalized spacial score (nSPS) is 13.3. The summed E-state index contributed by atoms with van der Waals surface area (Å²) in [5.41, 5.74) is 17.9. The van der Waals surface area contributed by atoms with Crippen LogP contribution in [0.1, 0.15) is 22.3 Å². The molecule has 0 saturated heterocycles. The second-order valence-electron chi connectivity index (χ2n) is 14.5. The molecule has 2 aliphatic carbocycles. The van der Waals surface area contributed by atoms with Crippen LogP contribution in [-0.2, 0) is 5.41 Å². The number of aromatic nitrogens is 2. The van der Waals surface area contributed by atoms with Crippen LogP contribution in [0.25, 0.3) is 88.9 Å². The van der Waals surface area contributed by atoms with Crippen molar-refractivity contribution in [2.24, 2.45) is 0 Å². The topological polar surface area (TPSA) is 38.9 Å². The second kappa shape index (κ2) is 11.0. The fourth-order valence-electron chi connectivity index (χ4n) is 9.38. The predicted molar refractivity (Wildman–Crippen MR) is 219 cm³/mol. The fraction of sp³-hybridized carbons (Fsp3) is 0.0196. The van der Waals surface area contributed by atoms with Crippen LogP contribution in [0, 0.1) is 0 Å². The second-order valence-corrected chi connectivity index (χ2v) is 14.5. The van der Waals surface area contributed by atoms with Crippen molar-refractivity contribution < 1.29 is 4.42 Å². The molecule has 3 heteroatoms. The molecule has 0 bridgehead atoms. The third kappa shape index (κ3) is 3.96. The fourth-order valence-corrected chi connectivity index (χ4v) is 9.38. The summed E-state index contributed by atoms with van der Waals surface area (Å²) in [6, 6.07) is 65.2. The Morgan fingerprint density at radius 2 is 0.907 bits per heavy atom. The summed E-state index contributed by atoms with van der Waals surface area (Å²) in [5, 5.41) is 3.22. The highest BCUT2D eigenvalue weighted by atomic mass is 16.3. The van der Waals surface area contributed by atoms with E-state index in [4.69, 9.17) is 14.4 Å². The lowest BCUT2D eigenvalue weighted by Gasteiger charge is -2.30. The Balaban J connectivity index is 1.03. The van der Waals surface area contributed by atoms with Crippen LogP contribution in [0.2, 0.25) is 0 Å². The van der Waals surface area contributed by atoms with Crippen molar-refractivity contribution in [3.63, 3.8) is 0 Å². The summed E-state index contributed by atoms with van der Waals surface area (Å²) in [4.78, 5) is 10.3. The molecule has 0 aliphatic heterocycles. The molecule has 2 aromatic heterocycles. The van der Waals surface area contributed by atoms with Crippen molar-refractivity contribution in [3.8, 4) is 56.0 Å². The Labute approximate surface area is 311 Å². The van der Waals surface area contributed by atoms with Crippen LogP contribution in [0.5, 0.6) is 0 Å². The monoisotopic (exact) mass is 686 g/mol. The molecule has 2 heterocycles. The quantitative estimate of drug-likeness (QED) is 0.186. The number of nitrogens with zero attached hydrogens (tertiary/aromatic N) is 2. The Hall–Kier alpha value is -7.10. The first kappa shape index (κ1) is 29.5. The van der Waals surface area contributed by atoms with Gasteiger partial charge in [0.05, 0.1) is 16.6 Å². The first-order valence-corrected chi connectivity index (χ1v) is 18.5. The van der Waals surface area contributed by atoms with E-state index in [1.54, 1.807) is 0 Å². The van der Waals surface area contributed by atoms with Crippen LogP contribution in [-0.4, -0.2) is 9.97 Å². The smallest absolute Gasteiger partial charge is 0.160 e. The van der Waals surface area contributed by atoms with Crippen LogP contribution >= 0.6 is 0 Å². The van der Waals surface area contributed by atoms with E-state index in [2.05, 4.69) is 170 Å². The molecular formula is C51H30N2O. The Morgan fingerprint density at radius 1 is 0.352 bits per heavy atom. The van der Waals surface area contributed by atoms with E-state index in [1.807, 2.05) is 12.1 Å². The molecule has 2 aliphatic rings. The van der Waals surface area contributed by atoms with Crippen molar-refractivity contribution >= 4 is 32.8 Å². The molecule has 0 atom stereocenters. The van der Waals surface area contributed by atoms with Gasteiger partial charge in [-0.05, 0) is 86.0 Å². The first-order chi connectivity index (χ1) is 26.8. The van der Waals surface area contributed by atoms with E-state index >= 15 is 0 Å². The van der Waals surface area contributed by atoms with Gasteiger partial charge in [-0.3, -0.25) is 0 Å². The van der Waals surface area contributed by atoms with Gasteiger partial charge in [0.25, 0.3) is 0 Å². The predicted octanol–water partition coefficient (Wildman–Crippen LogP) is 12.9. The lowest BCUT2D eigenvalue weighted by atomic mass is 9.70. The molecule has 1 spiro atoms. The summed E-state index contributed by atoms with van der Waals surface area (Å²) < 4.78 is 6.82. The van der Waals surface area contributed by atoms with Gasteiger partial charge >= 0.3 is 0 Å². The third-order valence-electron chi connectivity index (χ3n) is 11.7. The average Bonchev–Trinajstić information content (AvgIpc) is 3.86. The zero-order valence-electron chi connectivity index (χ0n) is 29.1. The van der Waals surface area contributed by atoms with Gasteiger partial charge in [0, 0.05) is 27.3 Å². The Bertz CT molecular complexity index is 3110. The van der Waals surface area contributed by atoms with E-state index in [9.17, 15) is 0 Å². The van der Waals surface area contributed by atoms with Gasteiger partial charge in [-0.15, -0.1) is 0 Å². The molecule has 0 fully saturated rings. The third-order valence-corrected chi connectivity index (χ3v) is 11.7. The minimum Gasteiger partial charge on any atom is -0.456 e. The maximum atomic E-state index is 6.82. The zero-order valence-corrected chi connectivity index (χ0v) is 29.1. The van der Waals surface area contributed by atoms with E-state index < -0.39 is 5.41 Å². The highest BCUT2D eigenvalue weighted by Crippen LogP contribution is 2.63. The van der Waals surface area contributed by atoms with Crippen molar-refractivity contribution in [2.75, 3.05) is 0 Å². The van der Waals surface area contributed by atoms with Gasteiger partial charge in [0.15, 0.2) is 5.82 Å². The van der Waals surface area contributed by atoms with E-state index in [0.717, 1.165) is 49.7 Å². The largest absolute Gasteiger partial charge is 0.456 e. The molecule has 8 aromatic carbocycles. The molecule has 10 aromatic rings. The lowest BCUT2D eigenvalue weighted by Crippen LogP contribution is -2.25. The molecule has 0 saturated carbocycles. The SMILES string of the molecule is c1ccc(-c2ccc(-c3nc(-c4ccc5c(c4)oc4cc6c(cc45)-c4ccccc4C64c5ccccc5-c5ccccc54)nc4ccccc34)cc2)cc1. The number of rotatable bonds is 3. The standard InChI is InChI=1S/C51H30N2O/c1-2-12-31(13-3-1)32-22-24-33(25-23-32)49-39-17-7-11-21-46(39)52-50(53-49)34-26-27-38-41-29-40-37-16-6-10-20-44(37)51(45(40)30-48(41)54-47(38)28-34)42-18-8-4-14-35(42)36-15-5-9-19-43(36)51/h1-30H. The van der Waals surface area contributed by atoms with Crippen LogP contribution < -0.4 is 0 Å². The molecule has 12 rings (SSSR count). The highest BCUT2D eigenvalue weighted by molar-refractivity contribution is 6.10. The number of benzene rings is 8. The van der Waals surface area contributed by atoms with E-state index in [-0.39, 0.29) is 0 Å². The van der Waals surface area contributed by atoms with E-state index in [1.165, 1.54) is 55.6 Å². The van der Waals surface area contributed by atoms with Gasteiger partial charge in [-0.1, -0.05) is 152 Å².